The molecule has 4 rings (SSSR count). The van der Waals surface area contributed by atoms with Crippen molar-refractivity contribution in [3.05, 3.63) is 36.8 Å². The molecule has 7 nitrogen and oxygen atoms in total. The average Bonchev–Trinajstić information content (AvgIpc) is 3.29. The molecule has 0 aliphatic heterocycles. The van der Waals surface area contributed by atoms with Crippen LogP contribution in [-0.4, -0.2) is 26.3 Å². The van der Waals surface area contributed by atoms with E-state index < -0.39 is 0 Å². The quantitative estimate of drug-likeness (QED) is 0.491. The number of anilines is 2. The van der Waals surface area contributed by atoms with Crippen LogP contribution in [0, 0.1) is 5.92 Å². The van der Waals surface area contributed by atoms with Crippen molar-refractivity contribution < 1.29 is 0 Å². The van der Waals surface area contributed by atoms with Crippen LogP contribution in [0.15, 0.2) is 36.8 Å². The minimum Gasteiger partial charge on any atom is -0.385 e. The number of fused-ring (bicyclic) bond motifs is 1. The van der Waals surface area contributed by atoms with Gasteiger partial charge in [-0.2, -0.15) is 5.10 Å². The summed E-state index contributed by atoms with van der Waals surface area (Å²) in [4.78, 5) is 8.41. The van der Waals surface area contributed by atoms with Gasteiger partial charge < -0.3 is 10.7 Å². The standard InChI is InChI=1S/C15H17N7.ClH/c16-21-14-13-8-20-22(15(13)19-9-18-14)12-3-1-2-11(6-12)17-7-10-4-5-10;/h1-3,6,8-10,17H,4-5,7,16H2,(H,18,19,21);1H. The van der Waals surface area contributed by atoms with Crippen molar-refractivity contribution in [1.29, 1.82) is 0 Å². The number of nitrogens with zero attached hydrogens (tertiary/aromatic N) is 4. The van der Waals surface area contributed by atoms with Crippen LogP contribution in [0.1, 0.15) is 12.8 Å². The van der Waals surface area contributed by atoms with Crippen molar-refractivity contribution in [2.75, 3.05) is 17.3 Å². The Morgan fingerprint density at radius 2 is 2.13 bits per heavy atom. The van der Waals surface area contributed by atoms with E-state index in [1.807, 2.05) is 12.1 Å². The second-order valence-corrected chi connectivity index (χ2v) is 5.53. The van der Waals surface area contributed by atoms with Crippen LogP contribution in [0.4, 0.5) is 11.5 Å². The highest BCUT2D eigenvalue weighted by molar-refractivity contribution is 5.87. The lowest BCUT2D eigenvalue weighted by Crippen LogP contribution is -2.09. The maximum atomic E-state index is 5.47. The molecule has 0 unspecified atom stereocenters. The molecule has 0 atom stereocenters. The van der Waals surface area contributed by atoms with Gasteiger partial charge in [-0.25, -0.2) is 20.5 Å². The summed E-state index contributed by atoms with van der Waals surface area (Å²) < 4.78 is 1.79. The molecule has 120 valence electrons. The van der Waals surface area contributed by atoms with E-state index in [0.29, 0.717) is 5.82 Å². The van der Waals surface area contributed by atoms with Gasteiger partial charge in [0.25, 0.3) is 0 Å². The largest absolute Gasteiger partial charge is 0.385 e. The Morgan fingerprint density at radius 3 is 2.91 bits per heavy atom. The molecule has 1 aliphatic rings. The van der Waals surface area contributed by atoms with Crippen LogP contribution < -0.4 is 16.6 Å². The summed E-state index contributed by atoms with van der Waals surface area (Å²) >= 11 is 0. The molecule has 23 heavy (non-hydrogen) atoms. The second-order valence-electron chi connectivity index (χ2n) is 5.53. The van der Waals surface area contributed by atoms with Gasteiger partial charge in [0.1, 0.15) is 6.33 Å². The highest BCUT2D eigenvalue weighted by Crippen LogP contribution is 2.29. The maximum Gasteiger partial charge on any atom is 0.168 e. The van der Waals surface area contributed by atoms with E-state index in [4.69, 9.17) is 5.84 Å². The van der Waals surface area contributed by atoms with E-state index in [9.17, 15) is 0 Å². The molecule has 0 saturated heterocycles. The van der Waals surface area contributed by atoms with Gasteiger partial charge >= 0.3 is 0 Å². The molecule has 4 N–H and O–H groups in total. The average molecular weight is 332 g/mol. The SMILES string of the molecule is Cl.NNc1ncnc2c1cnn2-c1cccc(NCC2CC2)c1. The normalized spacial score (nSPS) is 13.6. The molecular formula is C15H18ClN7. The lowest BCUT2D eigenvalue weighted by molar-refractivity contribution is 0.882. The Hall–Kier alpha value is -2.38. The Labute approximate surface area is 139 Å². The van der Waals surface area contributed by atoms with E-state index in [1.165, 1.54) is 19.2 Å². The topological polar surface area (TPSA) is 93.7 Å². The van der Waals surface area contributed by atoms with E-state index in [0.717, 1.165) is 34.9 Å². The van der Waals surface area contributed by atoms with Gasteiger partial charge in [0.2, 0.25) is 0 Å². The number of hydrogen-bond donors (Lipinski definition) is 3. The van der Waals surface area contributed by atoms with Crippen LogP contribution in [0.5, 0.6) is 0 Å². The van der Waals surface area contributed by atoms with Gasteiger partial charge in [-0.1, -0.05) is 6.07 Å². The molecular weight excluding hydrogens is 314 g/mol. The minimum absolute atomic E-state index is 0. The van der Waals surface area contributed by atoms with Gasteiger partial charge in [-0.15, -0.1) is 12.4 Å². The molecule has 1 fully saturated rings. The maximum absolute atomic E-state index is 5.47. The molecule has 0 amide bonds. The molecule has 1 saturated carbocycles. The molecule has 0 spiro atoms. The first kappa shape index (κ1) is 15.5. The molecule has 3 aromatic rings. The number of nitrogens with one attached hydrogen (secondary N) is 2. The van der Waals surface area contributed by atoms with Gasteiger partial charge in [-0.05, 0) is 37.0 Å². The van der Waals surface area contributed by atoms with Crippen LogP contribution in [0.2, 0.25) is 0 Å². The Morgan fingerprint density at radius 1 is 1.26 bits per heavy atom. The first-order valence-electron chi connectivity index (χ1n) is 7.35. The number of aromatic nitrogens is 4. The second kappa shape index (κ2) is 6.39. The Balaban J connectivity index is 0.00000156. The summed E-state index contributed by atoms with van der Waals surface area (Å²) in [6.45, 7) is 1.03. The zero-order valence-electron chi connectivity index (χ0n) is 12.4. The molecule has 0 bridgehead atoms. The monoisotopic (exact) mass is 331 g/mol. The summed E-state index contributed by atoms with van der Waals surface area (Å²) in [5, 5.41) is 8.68. The van der Waals surface area contributed by atoms with Gasteiger partial charge in [-0.3, -0.25) is 0 Å². The lowest BCUT2D eigenvalue weighted by atomic mass is 10.2. The highest BCUT2D eigenvalue weighted by Gasteiger charge is 2.20. The first-order valence-corrected chi connectivity index (χ1v) is 7.35. The van der Waals surface area contributed by atoms with Gasteiger partial charge in [0.15, 0.2) is 11.5 Å². The zero-order valence-corrected chi connectivity index (χ0v) is 13.3. The minimum atomic E-state index is 0. The number of halogens is 1. The van der Waals surface area contributed by atoms with Crippen molar-refractivity contribution >= 4 is 34.9 Å². The van der Waals surface area contributed by atoms with Gasteiger partial charge in [0.05, 0.1) is 17.3 Å². The number of nitrogen functional groups attached to an aromatic ring is 1. The third-order valence-electron chi connectivity index (χ3n) is 3.89. The van der Waals surface area contributed by atoms with E-state index in [-0.39, 0.29) is 12.4 Å². The predicted molar refractivity (Wildman–Crippen MR) is 92.9 cm³/mol. The summed E-state index contributed by atoms with van der Waals surface area (Å²) in [5.41, 5.74) is 5.35. The van der Waals surface area contributed by atoms with Gasteiger partial charge in [0, 0.05) is 12.2 Å². The number of nitrogens with two attached hydrogens (primary N) is 1. The molecule has 1 aromatic carbocycles. The molecule has 8 heteroatoms. The molecule has 2 aromatic heterocycles. The van der Waals surface area contributed by atoms with E-state index >= 15 is 0 Å². The highest BCUT2D eigenvalue weighted by atomic mass is 35.5. The van der Waals surface area contributed by atoms with Crippen LogP contribution in [0.3, 0.4) is 0 Å². The molecule has 2 heterocycles. The van der Waals surface area contributed by atoms with Crippen molar-refractivity contribution in [2.45, 2.75) is 12.8 Å². The molecule has 1 aliphatic carbocycles. The summed E-state index contributed by atoms with van der Waals surface area (Å²) in [6.07, 6.45) is 5.87. The fourth-order valence-electron chi connectivity index (χ4n) is 2.48. The number of hydrazine groups is 1. The summed E-state index contributed by atoms with van der Waals surface area (Å²) in [5.74, 6) is 6.88. The fourth-order valence-corrected chi connectivity index (χ4v) is 2.48. The Bertz CT molecular complexity index is 812. The third-order valence-corrected chi connectivity index (χ3v) is 3.89. The van der Waals surface area contributed by atoms with E-state index in [2.05, 4.69) is 37.9 Å². The Kier molecular flexibility index (Phi) is 4.31. The van der Waals surface area contributed by atoms with Crippen molar-refractivity contribution in [3.63, 3.8) is 0 Å². The lowest BCUT2D eigenvalue weighted by Gasteiger charge is -2.08. The number of hydrogen-bond acceptors (Lipinski definition) is 6. The van der Waals surface area contributed by atoms with Crippen molar-refractivity contribution in [3.8, 4) is 5.69 Å². The van der Waals surface area contributed by atoms with Crippen LogP contribution in [-0.2, 0) is 0 Å². The first-order chi connectivity index (χ1) is 10.8. The summed E-state index contributed by atoms with van der Waals surface area (Å²) in [6, 6.07) is 8.17. The zero-order chi connectivity index (χ0) is 14.9. The summed E-state index contributed by atoms with van der Waals surface area (Å²) in [7, 11) is 0. The van der Waals surface area contributed by atoms with Crippen molar-refractivity contribution in [2.24, 2.45) is 11.8 Å². The third kappa shape index (κ3) is 3.06. The number of rotatable bonds is 5. The molecule has 0 radical (unpaired) electrons. The number of benzene rings is 1. The predicted octanol–water partition coefficient (Wildman–Crippen LogP) is 2.34. The fraction of sp³-hybridized carbons (Fsp3) is 0.267. The van der Waals surface area contributed by atoms with Crippen molar-refractivity contribution in [1.82, 2.24) is 19.7 Å². The van der Waals surface area contributed by atoms with E-state index in [1.54, 1.807) is 10.9 Å². The smallest absolute Gasteiger partial charge is 0.168 e. The van der Waals surface area contributed by atoms with Crippen LogP contribution >= 0.6 is 12.4 Å². The van der Waals surface area contributed by atoms with Crippen LogP contribution in [0.25, 0.3) is 16.7 Å².